The van der Waals surface area contributed by atoms with Crippen molar-refractivity contribution in [2.45, 2.75) is 6.18 Å². The number of halogens is 3. The first kappa shape index (κ1) is 13.4. The summed E-state index contributed by atoms with van der Waals surface area (Å²) in [6.07, 6.45) is -3.23. The van der Waals surface area contributed by atoms with Crippen LogP contribution in [0.4, 0.5) is 24.5 Å². The van der Waals surface area contributed by atoms with Crippen molar-refractivity contribution in [3.63, 3.8) is 0 Å². The van der Waals surface area contributed by atoms with Crippen LogP contribution in [0.3, 0.4) is 0 Å². The summed E-state index contributed by atoms with van der Waals surface area (Å²) in [6.45, 7) is 0. The van der Waals surface area contributed by atoms with Crippen LogP contribution in [0.2, 0.25) is 0 Å². The molecule has 0 bridgehead atoms. The van der Waals surface area contributed by atoms with Gasteiger partial charge in [0.05, 0.1) is 11.9 Å². The summed E-state index contributed by atoms with van der Waals surface area (Å²) in [5.74, 6) is 0. The van der Waals surface area contributed by atoms with Crippen molar-refractivity contribution >= 4 is 22.1 Å². The number of hydrogen-bond acceptors (Lipinski definition) is 2. The van der Waals surface area contributed by atoms with Crippen LogP contribution in [0.1, 0.15) is 5.69 Å². The third-order valence-corrected chi connectivity index (χ3v) is 3.12. The van der Waals surface area contributed by atoms with Crippen LogP contribution in [0.25, 0.3) is 10.8 Å². The molecule has 3 rings (SSSR count). The molecule has 3 aromatic rings. The van der Waals surface area contributed by atoms with E-state index in [9.17, 15) is 13.2 Å². The van der Waals surface area contributed by atoms with Gasteiger partial charge in [0, 0.05) is 11.1 Å². The lowest BCUT2D eigenvalue weighted by atomic mass is 10.1. The minimum absolute atomic E-state index is 0.513. The second kappa shape index (κ2) is 5.09. The van der Waals surface area contributed by atoms with Gasteiger partial charge in [-0.15, -0.1) is 0 Å². The largest absolute Gasteiger partial charge is 0.433 e. The number of anilines is 2. The Morgan fingerprint density at radius 1 is 0.857 bits per heavy atom. The molecule has 0 spiro atoms. The predicted octanol–water partition coefficient (Wildman–Crippen LogP) is 5.00. The Morgan fingerprint density at radius 3 is 2.33 bits per heavy atom. The highest BCUT2D eigenvalue weighted by molar-refractivity contribution is 5.95. The van der Waals surface area contributed by atoms with Gasteiger partial charge in [-0.1, -0.05) is 36.4 Å². The maximum atomic E-state index is 12.5. The quantitative estimate of drug-likeness (QED) is 0.718. The monoisotopic (exact) mass is 288 g/mol. The van der Waals surface area contributed by atoms with Crippen molar-refractivity contribution in [2.75, 3.05) is 5.32 Å². The third-order valence-electron chi connectivity index (χ3n) is 3.12. The fraction of sp³-hybridized carbons (Fsp3) is 0.0625. The first-order chi connectivity index (χ1) is 10.0. The van der Waals surface area contributed by atoms with Crippen LogP contribution in [-0.4, -0.2) is 4.98 Å². The predicted molar refractivity (Wildman–Crippen MR) is 76.5 cm³/mol. The summed E-state index contributed by atoms with van der Waals surface area (Å²) in [7, 11) is 0. The van der Waals surface area contributed by atoms with Crippen molar-refractivity contribution in [1.82, 2.24) is 4.98 Å². The van der Waals surface area contributed by atoms with Crippen molar-refractivity contribution in [3.8, 4) is 0 Å². The highest BCUT2D eigenvalue weighted by atomic mass is 19.4. The van der Waals surface area contributed by atoms with E-state index in [1.165, 1.54) is 12.3 Å². The average molecular weight is 288 g/mol. The fourth-order valence-electron chi connectivity index (χ4n) is 2.13. The Hall–Kier alpha value is -2.56. The highest BCUT2D eigenvalue weighted by Crippen LogP contribution is 2.29. The summed E-state index contributed by atoms with van der Waals surface area (Å²) >= 11 is 0. The number of pyridine rings is 1. The molecule has 1 aromatic heterocycles. The third kappa shape index (κ3) is 2.81. The Balaban J connectivity index is 1.92. The number of alkyl halides is 3. The van der Waals surface area contributed by atoms with E-state index in [1.54, 1.807) is 0 Å². The maximum Gasteiger partial charge on any atom is 0.433 e. The van der Waals surface area contributed by atoms with Crippen LogP contribution >= 0.6 is 0 Å². The summed E-state index contributed by atoms with van der Waals surface area (Å²) in [5.41, 5.74) is 0.444. The van der Waals surface area contributed by atoms with Gasteiger partial charge in [-0.2, -0.15) is 13.2 Å². The molecule has 1 N–H and O–H groups in total. The normalized spacial score (nSPS) is 11.6. The van der Waals surface area contributed by atoms with Crippen LogP contribution in [0.15, 0.2) is 60.8 Å². The molecule has 2 aromatic carbocycles. The molecule has 1 heterocycles. The van der Waals surface area contributed by atoms with Gasteiger partial charge in [0.1, 0.15) is 5.69 Å². The fourth-order valence-corrected chi connectivity index (χ4v) is 2.13. The average Bonchev–Trinajstić information content (AvgIpc) is 2.47. The van der Waals surface area contributed by atoms with Gasteiger partial charge in [0.2, 0.25) is 0 Å². The van der Waals surface area contributed by atoms with Crippen molar-refractivity contribution in [1.29, 1.82) is 0 Å². The molecule has 0 fully saturated rings. The SMILES string of the molecule is FC(F)(F)c1ccc(Nc2cccc3ccccc23)cn1. The number of fused-ring (bicyclic) bond motifs is 1. The van der Waals surface area contributed by atoms with Crippen molar-refractivity contribution in [2.24, 2.45) is 0 Å². The second-order valence-corrected chi connectivity index (χ2v) is 4.58. The summed E-state index contributed by atoms with van der Waals surface area (Å²) in [6, 6.07) is 15.9. The summed E-state index contributed by atoms with van der Waals surface area (Å²) in [5, 5.41) is 5.15. The van der Waals surface area contributed by atoms with E-state index >= 15 is 0 Å². The van der Waals surface area contributed by atoms with Gasteiger partial charge >= 0.3 is 6.18 Å². The van der Waals surface area contributed by atoms with Crippen molar-refractivity contribution in [3.05, 3.63) is 66.5 Å². The molecule has 0 aliphatic carbocycles. The van der Waals surface area contributed by atoms with E-state index in [-0.39, 0.29) is 0 Å². The first-order valence-corrected chi connectivity index (χ1v) is 6.32. The summed E-state index contributed by atoms with van der Waals surface area (Å²) in [4.78, 5) is 3.44. The van der Waals surface area contributed by atoms with Crippen molar-refractivity contribution < 1.29 is 13.2 Å². The molecule has 0 saturated carbocycles. The maximum absolute atomic E-state index is 12.5. The van der Waals surface area contributed by atoms with Gasteiger partial charge < -0.3 is 5.32 Å². The molecule has 0 unspecified atom stereocenters. The molecule has 106 valence electrons. The van der Waals surface area contributed by atoms with E-state index in [2.05, 4.69) is 10.3 Å². The molecule has 2 nitrogen and oxygen atoms in total. The Kier molecular flexibility index (Phi) is 3.25. The molecule has 0 saturated heterocycles. The Bertz CT molecular complexity index is 759. The van der Waals surface area contributed by atoms with E-state index < -0.39 is 11.9 Å². The number of rotatable bonds is 2. The van der Waals surface area contributed by atoms with E-state index in [4.69, 9.17) is 0 Å². The van der Waals surface area contributed by atoms with E-state index in [0.29, 0.717) is 5.69 Å². The summed E-state index contributed by atoms with van der Waals surface area (Å²) < 4.78 is 37.4. The molecular weight excluding hydrogens is 277 g/mol. The molecular formula is C16H11F3N2. The molecule has 0 amide bonds. The Labute approximate surface area is 119 Å². The van der Waals surface area contributed by atoms with E-state index in [1.807, 2.05) is 42.5 Å². The number of nitrogens with one attached hydrogen (secondary N) is 1. The zero-order chi connectivity index (χ0) is 14.9. The number of nitrogens with zero attached hydrogens (tertiary/aromatic N) is 1. The van der Waals surface area contributed by atoms with Gasteiger partial charge in [0.25, 0.3) is 0 Å². The molecule has 5 heteroatoms. The molecule has 0 atom stereocenters. The minimum Gasteiger partial charge on any atom is -0.354 e. The smallest absolute Gasteiger partial charge is 0.354 e. The molecule has 0 aliphatic heterocycles. The highest BCUT2D eigenvalue weighted by Gasteiger charge is 2.31. The Morgan fingerprint density at radius 2 is 1.62 bits per heavy atom. The lowest BCUT2D eigenvalue weighted by Gasteiger charge is -2.11. The van der Waals surface area contributed by atoms with Crippen LogP contribution in [-0.2, 0) is 6.18 Å². The lowest BCUT2D eigenvalue weighted by molar-refractivity contribution is -0.141. The zero-order valence-electron chi connectivity index (χ0n) is 10.9. The van der Waals surface area contributed by atoms with Gasteiger partial charge in [-0.05, 0) is 23.6 Å². The second-order valence-electron chi connectivity index (χ2n) is 4.58. The lowest BCUT2D eigenvalue weighted by Crippen LogP contribution is -2.07. The zero-order valence-corrected chi connectivity index (χ0v) is 10.9. The van der Waals surface area contributed by atoms with Gasteiger partial charge in [0.15, 0.2) is 0 Å². The molecule has 21 heavy (non-hydrogen) atoms. The van der Waals surface area contributed by atoms with Gasteiger partial charge in [-0.3, -0.25) is 0 Å². The molecule has 0 aliphatic rings. The molecule has 0 radical (unpaired) electrons. The van der Waals surface area contributed by atoms with Crippen LogP contribution in [0, 0.1) is 0 Å². The topological polar surface area (TPSA) is 24.9 Å². The minimum atomic E-state index is -4.42. The van der Waals surface area contributed by atoms with E-state index in [0.717, 1.165) is 22.5 Å². The standard InChI is InChI=1S/C16H11F3N2/c17-16(18,19)15-9-8-12(10-20-15)21-14-7-3-5-11-4-1-2-6-13(11)14/h1-10,21H. The first-order valence-electron chi connectivity index (χ1n) is 6.32. The van der Waals surface area contributed by atoms with Gasteiger partial charge in [-0.25, -0.2) is 4.98 Å². The number of benzene rings is 2. The number of hydrogen-bond donors (Lipinski definition) is 1. The van der Waals surface area contributed by atoms with Crippen LogP contribution in [0.5, 0.6) is 0 Å². The van der Waals surface area contributed by atoms with Crippen LogP contribution < -0.4 is 5.32 Å². The number of aromatic nitrogens is 1.